The molecule has 1 unspecified atom stereocenters. The van der Waals surface area contributed by atoms with Gasteiger partial charge in [0.15, 0.2) is 11.6 Å². The first-order chi connectivity index (χ1) is 8.49. The standard InChI is InChI=1S/C13H9BrClF2N/c14-10-3-2-8(15)6-9(10)13(18)7-1-4-11(16)12(17)5-7/h1-6,13H,18H2. The second-order valence-corrected chi connectivity index (χ2v) is 5.11. The highest BCUT2D eigenvalue weighted by Gasteiger charge is 2.14. The maximum Gasteiger partial charge on any atom is 0.159 e. The van der Waals surface area contributed by atoms with E-state index in [9.17, 15) is 8.78 Å². The zero-order chi connectivity index (χ0) is 13.3. The van der Waals surface area contributed by atoms with Crippen molar-refractivity contribution in [3.05, 3.63) is 68.7 Å². The van der Waals surface area contributed by atoms with Crippen LogP contribution in [0.4, 0.5) is 8.78 Å². The highest BCUT2D eigenvalue weighted by molar-refractivity contribution is 9.10. The maximum atomic E-state index is 13.2. The molecule has 0 radical (unpaired) electrons. The summed E-state index contributed by atoms with van der Waals surface area (Å²) in [7, 11) is 0. The summed E-state index contributed by atoms with van der Waals surface area (Å²) in [6.07, 6.45) is 0. The number of hydrogen-bond donors (Lipinski definition) is 1. The Balaban J connectivity index is 2.44. The van der Waals surface area contributed by atoms with Crippen LogP contribution >= 0.6 is 27.5 Å². The fraction of sp³-hybridized carbons (Fsp3) is 0.0769. The molecule has 0 amide bonds. The predicted molar refractivity (Wildman–Crippen MR) is 71.5 cm³/mol. The molecular weight excluding hydrogens is 324 g/mol. The summed E-state index contributed by atoms with van der Waals surface area (Å²) in [5, 5.41) is 0.534. The molecule has 0 fully saturated rings. The van der Waals surface area contributed by atoms with Crippen LogP contribution in [-0.2, 0) is 0 Å². The van der Waals surface area contributed by atoms with E-state index >= 15 is 0 Å². The minimum Gasteiger partial charge on any atom is -0.320 e. The third-order valence-corrected chi connectivity index (χ3v) is 3.55. The Labute approximate surface area is 117 Å². The van der Waals surface area contributed by atoms with E-state index in [0.717, 1.165) is 16.6 Å². The molecule has 0 saturated carbocycles. The van der Waals surface area contributed by atoms with Crippen molar-refractivity contribution in [3.63, 3.8) is 0 Å². The van der Waals surface area contributed by atoms with E-state index in [1.165, 1.54) is 6.07 Å². The summed E-state index contributed by atoms with van der Waals surface area (Å²) >= 11 is 9.25. The predicted octanol–water partition coefficient (Wildman–Crippen LogP) is 4.43. The van der Waals surface area contributed by atoms with E-state index in [1.807, 2.05) is 0 Å². The van der Waals surface area contributed by atoms with Crippen LogP contribution in [-0.4, -0.2) is 0 Å². The second-order valence-electron chi connectivity index (χ2n) is 3.82. The Hall–Kier alpha value is -0.970. The average molecular weight is 333 g/mol. The average Bonchev–Trinajstić information content (AvgIpc) is 2.35. The molecular formula is C13H9BrClF2N. The Kier molecular flexibility index (Phi) is 4.00. The normalized spacial score (nSPS) is 12.5. The fourth-order valence-corrected chi connectivity index (χ4v) is 2.31. The van der Waals surface area contributed by atoms with Crippen molar-refractivity contribution in [3.8, 4) is 0 Å². The molecule has 0 aromatic heterocycles. The van der Waals surface area contributed by atoms with Crippen LogP contribution in [0, 0.1) is 11.6 Å². The lowest BCUT2D eigenvalue weighted by Gasteiger charge is -2.15. The molecule has 2 N–H and O–H groups in total. The fourth-order valence-electron chi connectivity index (χ4n) is 1.64. The van der Waals surface area contributed by atoms with Gasteiger partial charge in [-0.1, -0.05) is 33.6 Å². The lowest BCUT2D eigenvalue weighted by atomic mass is 9.99. The summed E-state index contributed by atoms with van der Waals surface area (Å²) in [4.78, 5) is 0. The lowest BCUT2D eigenvalue weighted by molar-refractivity contribution is 0.506. The number of hydrogen-bond acceptors (Lipinski definition) is 1. The van der Waals surface area contributed by atoms with Crippen LogP contribution in [0.15, 0.2) is 40.9 Å². The Morgan fingerprint density at radius 2 is 1.78 bits per heavy atom. The minimum absolute atomic E-state index is 0.483. The van der Waals surface area contributed by atoms with E-state index in [2.05, 4.69) is 15.9 Å². The van der Waals surface area contributed by atoms with Gasteiger partial charge in [-0.15, -0.1) is 0 Å². The smallest absolute Gasteiger partial charge is 0.159 e. The molecule has 2 aromatic carbocycles. The van der Waals surface area contributed by atoms with E-state index in [-0.39, 0.29) is 0 Å². The molecule has 2 aromatic rings. The monoisotopic (exact) mass is 331 g/mol. The summed E-state index contributed by atoms with van der Waals surface area (Å²) in [5.74, 6) is -1.81. The van der Waals surface area contributed by atoms with Crippen molar-refractivity contribution < 1.29 is 8.78 Å². The van der Waals surface area contributed by atoms with E-state index < -0.39 is 17.7 Å². The number of nitrogens with two attached hydrogens (primary N) is 1. The first-order valence-electron chi connectivity index (χ1n) is 5.14. The van der Waals surface area contributed by atoms with E-state index in [4.69, 9.17) is 17.3 Å². The molecule has 18 heavy (non-hydrogen) atoms. The minimum atomic E-state index is -0.916. The Morgan fingerprint density at radius 3 is 2.44 bits per heavy atom. The van der Waals surface area contributed by atoms with Gasteiger partial charge in [0.2, 0.25) is 0 Å². The first-order valence-corrected chi connectivity index (χ1v) is 6.31. The van der Waals surface area contributed by atoms with E-state index in [1.54, 1.807) is 18.2 Å². The summed E-state index contributed by atoms with van der Waals surface area (Å²) < 4.78 is 26.8. The van der Waals surface area contributed by atoms with Crippen LogP contribution in [0.25, 0.3) is 0 Å². The van der Waals surface area contributed by atoms with Crippen molar-refractivity contribution in [1.29, 1.82) is 0 Å². The van der Waals surface area contributed by atoms with Gasteiger partial charge in [0, 0.05) is 9.50 Å². The van der Waals surface area contributed by atoms with Gasteiger partial charge in [-0.3, -0.25) is 0 Å². The van der Waals surface area contributed by atoms with Gasteiger partial charge in [0.25, 0.3) is 0 Å². The zero-order valence-electron chi connectivity index (χ0n) is 9.13. The summed E-state index contributed by atoms with van der Waals surface area (Å²) in [6.45, 7) is 0. The molecule has 0 aliphatic rings. The third kappa shape index (κ3) is 2.71. The van der Waals surface area contributed by atoms with Gasteiger partial charge in [0.1, 0.15) is 0 Å². The summed E-state index contributed by atoms with van der Waals surface area (Å²) in [5.41, 5.74) is 7.23. The number of halogens is 4. The molecule has 0 aliphatic carbocycles. The molecule has 5 heteroatoms. The van der Waals surface area contributed by atoms with Crippen molar-refractivity contribution in [2.75, 3.05) is 0 Å². The SMILES string of the molecule is NC(c1ccc(F)c(F)c1)c1cc(Cl)ccc1Br. The van der Waals surface area contributed by atoms with E-state index in [0.29, 0.717) is 16.1 Å². The van der Waals surface area contributed by atoms with Crippen LogP contribution in [0.1, 0.15) is 17.2 Å². The van der Waals surface area contributed by atoms with Crippen LogP contribution in [0.2, 0.25) is 5.02 Å². The third-order valence-electron chi connectivity index (χ3n) is 2.60. The number of benzene rings is 2. The number of rotatable bonds is 2. The highest BCUT2D eigenvalue weighted by atomic mass is 79.9. The van der Waals surface area contributed by atoms with Gasteiger partial charge >= 0.3 is 0 Å². The molecule has 0 heterocycles. The van der Waals surface area contributed by atoms with Crippen molar-refractivity contribution >= 4 is 27.5 Å². The molecule has 1 atom stereocenters. The van der Waals surface area contributed by atoms with Crippen molar-refractivity contribution in [2.45, 2.75) is 6.04 Å². The molecule has 2 rings (SSSR count). The van der Waals surface area contributed by atoms with Crippen molar-refractivity contribution in [1.82, 2.24) is 0 Å². The van der Waals surface area contributed by atoms with Gasteiger partial charge in [-0.05, 0) is 41.5 Å². The maximum absolute atomic E-state index is 13.2. The van der Waals surface area contributed by atoms with Crippen LogP contribution < -0.4 is 5.73 Å². The Morgan fingerprint density at radius 1 is 1.06 bits per heavy atom. The Bertz CT molecular complexity index is 589. The first kappa shape index (κ1) is 13.5. The van der Waals surface area contributed by atoms with Gasteiger partial charge < -0.3 is 5.73 Å². The largest absolute Gasteiger partial charge is 0.320 e. The second kappa shape index (κ2) is 5.34. The zero-order valence-corrected chi connectivity index (χ0v) is 11.5. The van der Waals surface area contributed by atoms with Crippen LogP contribution in [0.3, 0.4) is 0 Å². The van der Waals surface area contributed by atoms with Gasteiger partial charge in [-0.2, -0.15) is 0 Å². The lowest BCUT2D eigenvalue weighted by Crippen LogP contribution is -2.13. The van der Waals surface area contributed by atoms with Gasteiger partial charge in [-0.25, -0.2) is 8.78 Å². The highest BCUT2D eigenvalue weighted by Crippen LogP contribution is 2.29. The quantitative estimate of drug-likeness (QED) is 0.865. The molecule has 0 bridgehead atoms. The van der Waals surface area contributed by atoms with Crippen molar-refractivity contribution in [2.24, 2.45) is 5.73 Å². The molecule has 0 saturated heterocycles. The molecule has 0 spiro atoms. The molecule has 0 aliphatic heterocycles. The van der Waals surface area contributed by atoms with Crippen LogP contribution in [0.5, 0.6) is 0 Å². The summed E-state index contributed by atoms with van der Waals surface area (Å²) in [6, 6.07) is 8.20. The topological polar surface area (TPSA) is 26.0 Å². The molecule has 1 nitrogen and oxygen atoms in total. The molecule has 94 valence electrons. The van der Waals surface area contributed by atoms with Gasteiger partial charge in [0.05, 0.1) is 6.04 Å².